The average molecular weight is 530 g/mol. The molecule has 0 spiro atoms. The van der Waals surface area contributed by atoms with E-state index in [1.54, 1.807) is 23.1 Å². The first-order valence-corrected chi connectivity index (χ1v) is 13.0. The maximum absolute atomic E-state index is 14.9. The van der Waals surface area contributed by atoms with Crippen molar-refractivity contribution < 1.29 is 23.1 Å². The van der Waals surface area contributed by atoms with Crippen LogP contribution in [-0.4, -0.2) is 85.0 Å². The molecule has 10 nitrogen and oxygen atoms in total. The van der Waals surface area contributed by atoms with Gasteiger partial charge in [0.2, 0.25) is 5.95 Å². The number of para-hydroxylation sites is 1. The monoisotopic (exact) mass is 529 g/mol. The lowest BCUT2D eigenvalue weighted by Crippen LogP contribution is -2.58. The summed E-state index contributed by atoms with van der Waals surface area (Å²) in [5.74, 6) is -4.33. The summed E-state index contributed by atoms with van der Waals surface area (Å²) in [7, 11) is 2.81. The zero-order valence-corrected chi connectivity index (χ0v) is 21.8. The van der Waals surface area contributed by atoms with Crippen LogP contribution >= 0.6 is 0 Å². The minimum Gasteiger partial charge on any atom is -0.495 e. The summed E-state index contributed by atoms with van der Waals surface area (Å²) in [6, 6.07) is 5.01. The third-order valence-corrected chi connectivity index (χ3v) is 7.60. The number of hydrogen-bond donors (Lipinski definition) is 2. The Labute approximate surface area is 220 Å². The quantitative estimate of drug-likeness (QED) is 0.565. The molecule has 2 N–H and O–H groups in total. The number of fused-ring (bicyclic) bond motifs is 1. The van der Waals surface area contributed by atoms with Gasteiger partial charge >= 0.3 is 5.92 Å². The number of amides is 2. The highest BCUT2D eigenvalue weighted by atomic mass is 19.3. The molecule has 1 aliphatic carbocycles. The van der Waals surface area contributed by atoms with Crippen molar-refractivity contribution in [1.82, 2.24) is 20.2 Å². The van der Waals surface area contributed by atoms with E-state index >= 15 is 0 Å². The molecule has 2 amide bonds. The third-order valence-electron chi connectivity index (χ3n) is 7.60. The van der Waals surface area contributed by atoms with E-state index in [1.165, 1.54) is 20.4 Å². The number of halogens is 2. The van der Waals surface area contributed by atoms with E-state index in [9.17, 15) is 18.4 Å². The number of likely N-dealkylation sites (N-methyl/N-ethyl adjacent to an activating group) is 1. The van der Waals surface area contributed by atoms with Crippen LogP contribution < -0.4 is 25.2 Å². The van der Waals surface area contributed by atoms with Gasteiger partial charge in [0.05, 0.1) is 37.1 Å². The van der Waals surface area contributed by atoms with Gasteiger partial charge < -0.3 is 25.2 Å². The van der Waals surface area contributed by atoms with Gasteiger partial charge in [0.15, 0.2) is 5.82 Å². The molecule has 2 fully saturated rings. The van der Waals surface area contributed by atoms with E-state index in [2.05, 4.69) is 32.4 Å². The molecule has 12 heteroatoms. The Kier molecular flexibility index (Phi) is 7.08. The average Bonchev–Trinajstić information content (AvgIpc) is 3.41. The number of aromatic nitrogens is 2. The van der Waals surface area contributed by atoms with Gasteiger partial charge in [-0.05, 0) is 31.5 Å². The largest absolute Gasteiger partial charge is 0.495 e. The fraction of sp³-hybridized carbons (Fsp3) is 0.538. The molecule has 1 saturated carbocycles. The first-order chi connectivity index (χ1) is 18.2. The molecule has 3 aliphatic rings. The van der Waals surface area contributed by atoms with E-state index in [0.717, 1.165) is 50.2 Å². The van der Waals surface area contributed by atoms with Crippen molar-refractivity contribution >= 4 is 35.0 Å². The van der Waals surface area contributed by atoms with Gasteiger partial charge in [-0.15, -0.1) is 0 Å². The molecule has 2 aromatic rings. The van der Waals surface area contributed by atoms with E-state index in [1.807, 2.05) is 0 Å². The van der Waals surface area contributed by atoms with Crippen LogP contribution in [-0.2, 0) is 4.79 Å². The summed E-state index contributed by atoms with van der Waals surface area (Å²) in [6.45, 7) is 3.83. The Morgan fingerprint density at radius 2 is 1.97 bits per heavy atom. The normalized spacial score (nSPS) is 20.1. The zero-order valence-electron chi connectivity index (χ0n) is 21.8. The third kappa shape index (κ3) is 4.84. The molecule has 1 aromatic heterocycles. The van der Waals surface area contributed by atoms with Crippen molar-refractivity contribution in [2.24, 2.45) is 0 Å². The van der Waals surface area contributed by atoms with Crippen LogP contribution in [0.4, 0.5) is 31.9 Å². The number of carbonyl (C=O) groups excluding carboxylic acids is 2. The Bertz CT molecular complexity index is 1220. The molecule has 204 valence electrons. The first kappa shape index (κ1) is 26.1. The standard InChI is InChI=1S/C26H33F2N7O3/c1-4-34-13-16(14-34)30-23(36)18-10-7-11-20(38-3)21(18)31-25-29-12-19-22(32-25)35(17-8-5-6-9-17)15-26(27,28)24(37)33(19)2/h7,10-12,16-17H,4-6,8-9,13-15H2,1-3H3,(H,30,36)(H,29,31,32). The van der Waals surface area contributed by atoms with Gasteiger partial charge in [-0.1, -0.05) is 25.8 Å². The van der Waals surface area contributed by atoms with Crippen LogP contribution in [0.2, 0.25) is 0 Å². The molecule has 2 aliphatic heterocycles. The zero-order chi connectivity index (χ0) is 27.0. The Balaban J connectivity index is 1.48. The van der Waals surface area contributed by atoms with Crippen LogP contribution in [0, 0.1) is 0 Å². The van der Waals surface area contributed by atoms with E-state index in [0.29, 0.717) is 17.0 Å². The van der Waals surface area contributed by atoms with E-state index in [-0.39, 0.29) is 35.4 Å². The van der Waals surface area contributed by atoms with Crippen LogP contribution in [0.5, 0.6) is 5.75 Å². The number of nitrogens with zero attached hydrogens (tertiary/aromatic N) is 5. The van der Waals surface area contributed by atoms with Gasteiger partial charge in [0.25, 0.3) is 11.8 Å². The number of ether oxygens (including phenoxy) is 1. The fourth-order valence-corrected chi connectivity index (χ4v) is 5.42. The van der Waals surface area contributed by atoms with Crippen molar-refractivity contribution in [2.75, 3.05) is 55.5 Å². The van der Waals surface area contributed by atoms with Gasteiger partial charge in [0.1, 0.15) is 11.4 Å². The number of nitrogens with one attached hydrogen (secondary N) is 2. The maximum atomic E-state index is 14.9. The summed E-state index contributed by atoms with van der Waals surface area (Å²) in [5, 5.41) is 6.14. The molecule has 0 radical (unpaired) electrons. The lowest BCUT2D eigenvalue weighted by Gasteiger charge is -2.38. The Morgan fingerprint density at radius 3 is 2.66 bits per heavy atom. The molecular formula is C26H33F2N7O3. The molecule has 38 heavy (non-hydrogen) atoms. The van der Waals surface area contributed by atoms with Gasteiger partial charge in [-0.25, -0.2) is 4.98 Å². The summed E-state index contributed by atoms with van der Waals surface area (Å²) in [5.41, 5.74) is 0.937. The molecule has 0 unspecified atom stereocenters. The smallest absolute Gasteiger partial charge is 0.342 e. The maximum Gasteiger partial charge on any atom is 0.342 e. The molecule has 5 rings (SSSR count). The number of methoxy groups -OCH3 is 1. The van der Waals surface area contributed by atoms with Crippen molar-refractivity contribution in [3.63, 3.8) is 0 Å². The summed E-state index contributed by atoms with van der Waals surface area (Å²) in [6.07, 6.45) is 4.72. The topological polar surface area (TPSA) is 103 Å². The predicted octanol–water partition coefficient (Wildman–Crippen LogP) is 3.02. The van der Waals surface area contributed by atoms with E-state index in [4.69, 9.17) is 4.74 Å². The Hall–Kier alpha value is -3.54. The number of carbonyl (C=O) groups is 2. The molecular weight excluding hydrogens is 496 g/mol. The highest BCUT2D eigenvalue weighted by Gasteiger charge is 2.48. The van der Waals surface area contributed by atoms with Gasteiger partial charge in [0, 0.05) is 26.2 Å². The summed E-state index contributed by atoms with van der Waals surface area (Å²) in [4.78, 5) is 39.3. The van der Waals surface area contributed by atoms with Crippen molar-refractivity contribution in [3.8, 4) is 5.75 Å². The van der Waals surface area contributed by atoms with Crippen LogP contribution in [0.25, 0.3) is 0 Å². The lowest BCUT2D eigenvalue weighted by molar-refractivity contribution is -0.140. The minimum absolute atomic E-state index is 0.0555. The highest BCUT2D eigenvalue weighted by molar-refractivity contribution is 6.03. The number of likely N-dealkylation sites (tertiary alicyclic amines) is 1. The number of hydrogen-bond acceptors (Lipinski definition) is 8. The second-order valence-corrected chi connectivity index (χ2v) is 10.1. The predicted molar refractivity (Wildman–Crippen MR) is 140 cm³/mol. The number of benzene rings is 1. The number of alkyl halides is 2. The molecule has 0 atom stereocenters. The lowest BCUT2D eigenvalue weighted by atomic mass is 10.1. The van der Waals surface area contributed by atoms with Gasteiger partial charge in [-0.3, -0.25) is 14.5 Å². The molecule has 0 bridgehead atoms. The van der Waals surface area contributed by atoms with Crippen molar-refractivity contribution in [3.05, 3.63) is 30.0 Å². The van der Waals surface area contributed by atoms with E-state index < -0.39 is 18.4 Å². The van der Waals surface area contributed by atoms with Gasteiger partial charge in [-0.2, -0.15) is 13.8 Å². The van der Waals surface area contributed by atoms with Crippen LogP contribution in [0.15, 0.2) is 24.4 Å². The summed E-state index contributed by atoms with van der Waals surface area (Å²) < 4.78 is 35.3. The summed E-state index contributed by atoms with van der Waals surface area (Å²) >= 11 is 0. The number of anilines is 4. The Morgan fingerprint density at radius 1 is 1.24 bits per heavy atom. The van der Waals surface area contributed by atoms with Crippen molar-refractivity contribution in [2.45, 2.75) is 50.6 Å². The number of rotatable bonds is 7. The first-order valence-electron chi connectivity index (χ1n) is 13.0. The molecule has 1 aromatic carbocycles. The SMILES string of the molecule is CCN1CC(NC(=O)c2cccc(OC)c2Nc2ncc3c(n2)N(C2CCCC2)CC(F)(F)C(=O)N3C)C1. The second kappa shape index (κ2) is 10.3. The molecule has 1 saturated heterocycles. The highest BCUT2D eigenvalue weighted by Crippen LogP contribution is 2.40. The molecule has 3 heterocycles. The second-order valence-electron chi connectivity index (χ2n) is 10.1. The van der Waals surface area contributed by atoms with Crippen LogP contribution in [0.3, 0.4) is 0 Å². The van der Waals surface area contributed by atoms with Crippen LogP contribution in [0.1, 0.15) is 43.0 Å². The fourth-order valence-electron chi connectivity index (χ4n) is 5.42. The van der Waals surface area contributed by atoms with Crippen molar-refractivity contribution in [1.29, 1.82) is 0 Å². The minimum atomic E-state index is -3.56.